The van der Waals surface area contributed by atoms with Crippen LogP contribution in [0.4, 0.5) is 5.69 Å². The Morgan fingerprint density at radius 2 is 0.790 bits per heavy atom. The molecule has 0 N–H and O–H groups in total. The SMILES string of the molecule is CN1C(n2c3ccc(-c4ccccc4)cc3c3cc(-c4ccccc4)ccc32)=C(n2c3ccc(C#N)cc3c3cc(C#N)ccc32)C(c2ccc3c(c2)sc2ccccc23)=C(n2c3ccc(C#N)cc3c3cc(C#N)ccc32)C1N1c2ccc(-c3ccccc3)cc2C2=CC(c3ccccc3)=CCC21C. The zero-order valence-corrected chi connectivity index (χ0v) is 57.9. The van der Waals surface area contributed by atoms with Gasteiger partial charge in [-0.1, -0.05) is 176 Å². The Hall–Kier alpha value is -14.0. The van der Waals surface area contributed by atoms with E-state index in [1.807, 2.05) is 48.5 Å². The van der Waals surface area contributed by atoms with Gasteiger partial charge < -0.3 is 18.9 Å². The van der Waals surface area contributed by atoms with Crippen molar-refractivity contribution in [2.24, 2.45) is 0 Å². The van der Waals surface area contributed by atoms with Crippen LogP contribution in [-0.4, -0.2) is 37.4 Å². The second-order valence-corrected chi connectivity index (χ2v) is 28.9. The van der Waals surface area contributed by atoms with Crippen molar-refractivity contribution in [3.05, 3.63) is 342 Å². The molecule has 20 rings (SSSR count). The lowest BCUT2D eigenvalue weighted by Gasteiger charge is -2.52. The van der Waals surface area contributed by atoms with Crippen LogP contribution >= 0.6 is 11.3 Å². The maximum Gasteiger partial charge on any atom is 0.146 e. The lowest BCUT2D eigenvalue weighted by atomic mass is 9.79. The fourth-order valence-electron chi connectivity index (χ4n) is 17.3. The molecule has 4 aromatic heterocycles. The normalized spacial score (nSPS) is 15.8. The van der Waals surface area contributed by atoms with Crippen molar-refractivity contribution in [3.63, 3.8) is 0 Å². The van der Waals surface area contributed by atoms with E-state index in [4.69, 9.17) is 0 Å². The highest BCUT2D eigenvalue weighted by atomic mass is 32.1. The largest absolute Gasteiger partial charge is 0.336 e. The maximum absolute atomic E-state index is 10.9. The first kappa shape index (κ1) is 60.9. The Labute approximate surface area is 609 Å². The standard InChI is InChI=1S/C95H59N9S/c1-95-44-43-69(65-23-13-6-14-24-65)52-80(95)79-51-68(64-21-11-5-12-22-64)34-42-87(79)104(95)94-92(102-83-38-29-60(56-98)47-75(83)76-48-61(57-99)30-39-84(76)102)90(70-31-35-72-71-25-15-16-26-88(71)105-89(72)53-70)91(101-81-36-27-58(54-96)45-73(81)74-46-59(55-97)28-37-82(74)101)93(100(94)2)103-85-40-32-66(62-17-7-3-8-18-62)49-77(85)78-50-67(33-41-86(78)103)63-19-9-4-10-20-63/h3-43,45-53,94H,44H2,1-2H3. The number of fused-ring (bicyclic) bond motifs is 15. The van der Waals surface area contributed by atoms with E-state index in [2.05, 4.69) is 317 Å². The van der Waals surface area contributed by atoms with Gasteiger partial charge in [0.2, 0.25) is 0 Å². The highest BCUT2D eigenvalue weighted by Gasteiger charge is 2.53. The molecule has 13 aromatic carbocycles. The molecule has 2 aliphatic heterocycles. The van der Waals surface area contributed by atoms with Gasteiger partial charge >= 0.3 is 0 Å². The van der Waals surface area contributed by atoms with E-state index in [-0.39, 0.29) is 0 Å². The van der Waals surface area contributed by atoms with Gasteiger partial charge in [0.05, 0.1) is 96.6 Å². The summed E-state index contributed by atoms with van der Waals surface area (Å²) in [6.07, 6.45) is 4.77. The summed E-state index contributed by atoms with van der Waals surface area (Å²) >= 11 is 1.78. The van der Waals surface area contributed by atoms with Gasteiger partial charge in [-0.25, -0.2) is 0 Å². The summed E-state index contributed by atoms with van der Waals surface area (Å²) in [7, 11) is 2.28. The average Bonchev–Trinajstić information content (AvgIpc) is 1.54. The minimum atomic E-state index is -0.756. The minimum Gasteiger partial charge on any atom is -0.336 e. The van der Waals surface area contributed by atoms with E-state index < -0.39 is 11.7 Å². The number of anilines is 1. The molecule has 1 aliphatic carbocycles. The van der Waals surface area contributed by atoms with Gasteiger partial charge in [0.25, 0.3) is 0 Å². The quantitative estimate of drug-likeness (QED) is 0.142. The molecule has 105 heavy (non-hydrogen) atoms. The lowest BCUT2D eigenvalue weighted by molar-refractivity contribution is 0.337. The smallest absolute Gasteiger partial charge is 0.146 e. The summed E-state index contributed by atoms with van der Waals surface area (Å²) in [6.45, 7) is 2.43. The second-order valence-electron chi connectivity index (χ2n) is 27.8. The van der Waals surface area contributed by atoms with E-state index in [0.29, 0.717) is 28.7 Å². The van der Waals surface area contributed by atoms with E-state index in [0.717, 1.165) is 160 Å². The van der Waals surface area contributed by atoms with Crippen LogP contribution in [-0.2, 0) is 0 Å². The number of allylic oxidation sites excluding steroid dienone is 4. The van der Waals surface area contributed by atoms with Gasteiger partial charge in [-0.15, -0.1) is 11.3 Å². The third kappa shape index (κ3) is 9.22. The molecule has 0 spiro atoms. The first-order valence-electron chi connectivity index (χ1n) is 35.2. The predicted molar refractivity (Wildman–Crippen MR) is 431 cm³/mol. The van der Waals surface area contributed by atoms with Gasteiger partial charge in [0.15, 0.2) is 0 Å². The fourth-order valence-corrected chi connectivity index (χ4v) is 18.5. The second kappa shape index (κ2) is 23.5. The summed E-state index contributed by atoms with van der Waals surface area (Å²) in [5.41, 5.74) is 22.4. The van der Waals surface area contributed by atoms with Crippen LogP contribution in [0.2, 0.25) is 0 Å². The molecule has 2 atom stereocenters. The lowest BCUT2D eigenvalue weighted by Crippen LogP contribution is -2.58. The Kier molecular flexibility index (Phi) is 13.7. The topological polar surface area (TPSA) is 116 Å². The third-order valence-corrected chi connectivity index (χ3v) is 23.3. The van der Waals surface area contributed by atoms with Crippen molar-refractivity contribution >= 4 is 137 Å². The van der Waals surface area contributed by atoms with Crippen molar-refractivity contribution in [2.75, 3.05) is 11.9 Å². The number of rotatable bonds is 9. The molecule has 9 nitrogen and oxygen atoms in total. The highest BCUT2D eigenvalue weighted by Crippen LogP contribution is 2.60. The van der Waals surface area contributed by atoms with Crippen LogP contribution in [0.5, 0.6) is 0 Å². The fraction of sp³-hybridized carbons (Fsp3) is 0.0526. The maximum atomic E-state index is 10.9. The number of benzene rings is 13. The third-order valence-electron chi connectivity index (χ3n) is 22.2. The molecule has 490 valence electrons. The van der Waals surface area contributed by atoms with Crippen molar-refractivity contribution in [2.45, 2.75) is 25.0 Å². The summed E-state index contributed by atoms with van der Waals surface area (Å²) in [5, 5.41) is 51.3. The molecule has 0 saturated heterocycles. The number of hydrogen-bond acceptors (Lipinski definition) is 7. The molecule has 10 heteroatoms. The molecule has 3 aliphatic rings. The van der Waals surface area contributed by atoms with E-state index in [1.54, 1.807) is 11.3 Å². The van der Waals surface area contributed by atoms with Crippen molar-refractivity contribution in [1.29, 1.82) is 21.0 Å². The minimum absolute atomic E-state index is 0.493. The summed E-state index contributed by atoms with van der Waals surface area (Å²) < 4.78 is 9.67. The van der Waals surface area contributed by atoms with Crippen LogP contribution in [0.1, 0.15) is 52.3 Å². The van der Waals surface area contributed by atoms with Gasteiger partial charge in [-0.05, 0) is 196 Å². The van der Waals surface area contributed by atoms with E-state index in [1.165, 1.54) is 15.7 Å². The Bertz CT molecular complexity index is 6710. The van der Waals surface area contributed by atoms with Crippen LogP contribution in [0, 0.1) is 45.3 Å². The van der Waals surface area contributed by atoms with Crippen LogP contribution < -0.4 is 4.90 Å². The Balaban J connectivity index is 1.02. The molecule has 6 heterocycles. The van der Waals surface area contributed by atoms with Gasteiger partial charge in [-0.2, -0.15) is 21.0 Å². The van der Waals surface area contributed by atoms with Crippen molar-refractivity contribution in [3.8, 4) is 57.7 Å². The molecule has 0 amide bonds. The first-order chi connectivity index (χ1) is 51.7. The number of nitrogens with zero attached hydrogens (tertiary/aromatic N) is 9. The van der Waals surface area contributed by atoms with Crippen LogP contribution in [0.3, 0.4) is 0 Å². The van der Waals surface area contributed by atoms with E-state index in [9.17, 15) is 21.0 Å². The summed E-state index contributed by atoms with van der Waals surface area (Å²) in [4.78, 5) is 5.26. The molecule has 0 saturated carbocycles. The molecular weight excluding hydrogens is 1300 g/mol. The molecule has 0 fully saturated rings. The molecular formula is C95H59N9S. The Morgan fingerprint density at radius 1 is 0.371 bits per heavy atom. The van der Waals surface area contributed by atoms with Crippen molar-refractivity contribution < 1.29 is 0 Å². The van der Waals surface area contributed by atoms with E-state index >= 15 is 0 Å². The van der Waals surface area contributed by atoms with Gasteiger partial charge in [-0.3, -0.25) is 4.57 Å². The number of likely N-dealkylation sites (N-methyl/N-ethyl adjacent to an activating group) is 1. The average molecular weight is 1360 g/mol. The molecule has 0 bridgehead atoms. The number of thiophene rings is 1. The number of nitriles is 4. The predicted octanol–water partition coefficient (Wildman–Crippen LogP) is 23.1. The van der Waals surface area contributed by atoms with Crippen molar-refractivity contribution in [1.82, 2.24) is 18.6 Å². The zero-order chi connectivity index (χ0) is 70.3. The van der Waals surface area contributed by atoms with Crippen LogP contribution in [0.25, 0.3) is 153 Å². The molecule has 2 unspecified atom stereocenters. The zero-order valence-electron chi connectivity index (χ0n) is 57.1. The molecule has 0 radical (unpaired) electrons. The van der Waals surface area contributed by atoms with Gasteiger partial charge in [0, 0.05) is 76.4 Å². The monoisotopic (exact) mass is 1360 g/mol. The summed E-state index contributed by atoms with van der Waals surface area (Å²) in [5.74, 6) is 0.863. The van der Waals surface area contributed by atoms with Gasteiger partial charge in [0.1, 0.15) is 12.0 Å². The first-order valence-corrected chi connectivity index (χ1v) is 36.1. The highest BCUT2D eigenvalue weighted by molar-refractivity contribution is 7.25. The Morgan fingerprint density at radius 3 is 1.30 bits per heavy atom. The number of aromatic nitrogens is 3. The summed E-state index contributed by atoms with van der Waals surface area (Å²) in [6, 6.07) is 113. The van der Waals surface area contributed by atoms with Crippen LogP contribution in [0.15, 0.2) is 303 Å². The molecule has 17 aromatic rings. The number of hydrogen-bond donors (Lipinski definition) is 0.